The van der Waals surface area contributed by atoms with E-state index >= 15 is 0 Å². The van der Waals surface area contributed by atoms with Crippen LogP contribution in [0.15, 0.2) is 0 Å². The Hall–Kier alpha value is -2.64. The van der Waals surface area contributed by atoms with Crippen molar-refractivity contribution in [3.63, 3.8) is 0 Å². The Morgan fingerprint density at radius 2 is 0.318 bits per heavy atom. The fourth-order valence-corrected chi connectivity index (χ4v) is 10.8. The Balaban J connectivity index is 0.000000441. The lowest BCUT2D eigenvalue weighted by Gasteiger charge is -2.45. The first-order chi connectivity index (χ1) is 29.1. The number of rotatable bonds is 8. The minimum atomic E-state index is -0.714. The third-order valence-corrected chi connectivity index (χ3v) is 14.0. The van der Waals surface area contributed by atoms with Gasteiger partial charge >= 0.3 is 0 Å². The molecule has 0 N–H and O–H groups in total. The van der Waals surface area contributed by atoms with Crippen LogP contribution in [0.25, 0.3) is 0 Å². The van der Waals surface area contributed by atoms with Crippen molar-refractivity contribution in [2.75, 3.05) is 0 Å². The summed E-state index contributed by atoms with van der Waals surface area (Å²) in [7, 11) is 0. The van der Waals surface area contributed by atoms with Crippen LogP contribution in [0.5, 0.6) is 0 Å². The minimum absolute atomic E-state index is 0.120. The van der Waals surface area contributed by atoms with Crippen LogP contribution in [0.1, 0.15) is 256 Å². The van der Waals surface area contributed by atoms with Gasteiger partial charge in [0.2, 0.25) is 0 Å². The maximum atomic E-state index is 12.8. The van der Waals surface area contributed by atoms with Crippen molar-refractivity contribution < 1.29 is 38.4 Å². The van der Waals surface area contributed by atoms with E-state index in [1.54, 1.807) is 0 Å². The summed E-state index contributed by atoms with van der Waals surface area (Å²) in [5.74, 6) is 1.08. The highest BCUT2D eigenvalue weighted by molar-refractivity contribution is 6.14. The van der Waals surface area contributed by atoms with Gasteiger partial charge in [0.15, 0.2) is 46.3 Å². The van der Waals surface area contributed by atoms with Crippen LogP contribution in [0.4, 0.5) is 0 Å². The number of carbonyl (C=O) groups excluding carboxylic acids is 8. The van der Waals surface area contributed by atoms with Gasteiger partial charge in [-0.1, -0.05) is 205 Å². The lowest BCUT2D eigenvalue weighted by molar-refractivity contribution is -0.157. The average molecular weight is 925 g/mol. The summed E-state index contributed by atoms with van der Waals surface area (Å²) < 4.78 is 0. The van der Waals surface area contributed by atoms with E-state index in [2.05, 4.69) is 0 Å². The zero-order valence-electron chi connectivity index (χ0n) is 47.2. The van der Waals surface area contributed by atoms with Gasteiger partial charge in [-0.25, -0.2) is 0 Å². The van der Waals surface area contributed by atoms with Crippen molar-refractivity contribution in [1.29, 1.82) is 0 Å². The van der Waals surface area contributed by atoms with E-state index in [9.17, 15) is 38.4 Å². The van der Waals surface area contributed by atoms with Crippen LogP contribution in [0, 0.1) is 65.0 Å². The maximum Gasteiger partial charge on any atom is 0.151 e. The van der Waals surface area contributed by atoms with Crippen LogP contribution >= 0.6 is 0 Å². The molecule has 0 amide bonds. The summed E-state index contributed by atoms with van der Waals surface area (Å²) in [6.45, 7) is 45.9. The average Bonchev–Trinajstić information content (AvgIpc) is 3.78. The van der Waals surface area contributed by atoms with Crippen molar-refractivity contribution in [1.82, 2.24) is 0 Å². The molecule has 0 aromatic rings. The molecule has 0 unspecified atom stereocenters. The zero-order chi connectivity index (χ0) is 52.5. The summed E-state index contributed by atoms with van der Waals surface area (Å²) in [6, 6.07) is 0. The minimum Gasteiger partial charge on any atom is -0.298 e. The van der Waals surface area contributed by atoms with Gasteiger partial charge < -0.3 is 0 Å². The SMILES string of the molecule is CC(C)(C)C(=O)C1(C(=O)C(C)(C)C)CC1.CC(C)(C)C(=O)C1(C(=O)C(C)(C)C)CCC1.CC(C)(C)C(=O)C1(C(=O)C(C)(C)C)CCCC1.CC(C)(C)C(=O)C1(C(=O)C(C)(C)C)CCCCC1. The largest absolute Gasteiger partial charge is 0.298 e. The molecule has 0 spiro atoms. The number of hydrogen-bond donors (Lipinski definition) is 0. The van der Waals surface area contributed by atoms with Crippen LogP contribution in [-0.4, -0.2) is 46.3 Å². The van der Waals surface area contributed by atoms with Gasteiger partial charge in [-0.05, 0) is 51.4 Å². The van der Waals surface area contributed by atoms with Crippen molar-refractivity contribution in [2.24, 2.45) is 65.0 Å². The van der Waals surface area contributed by atoms with E-state index in [0.29, 0.717) is 0 Å². The Bertz CT molecular complexity index is 1680. The first-order valence-corrected chi connectivity index (χ1v) is 25.5. The Morgan fingerprint density at radius 1 is 0.197 bits per heavy atom. The summed E-state index contributed by atoms with van der Waals surface area (Å²) >= 11 is 0. The predicted molar refractivity (Wildman–Crippen MR) is 270 cm³/mol. The smallest absolute Gasteiger partial charge is 0.151 e. The third-order valence-electron chi connectivity index (χ3n) is 14.0. The molecule has 0 saturated heterocycles. The second-order valence-corrected chi connectivity index (χ2v) is 29.1. The summed E-state index contributed by atoms with van der Waals surface area (Å²) in [6.07, 6.45) is 12.2. The van der Waals surface area contributed by atoms with Crippen molar-refractivity contribution >= 4 is 46.3 Å². The van der Waals surface area contributed by atoms with E-state index in [1.807, 2.05) is 166 Å². The van der Waals surface area contributed by atoms with E-state index in [-0.39, 0.29) is 46.3 Å². The molecular weight excluding hydrogens is 825 g/mol. The van der Waals surface area contributed by atoms with Gasteiger partial charge in [-0.3, -0.25) is 38.4 Å². The van der Waals surface area contributed by atoms with Gasteiger partial charge in [-0.2, -0.15) is 0 Å². The third kappa shape index (κ3) is 14.2. The van der Waals surface area contributed by atoms with Crippen LogP contribution < -0.4 is 0 Å². The first-order valence-electron chi connectivity index (χ1n) is 25.5. The topological polar surface area (TPSA) is 137 Å². The molecule has 4 fully saturated rings. The lowest BCUT2D eigenvalue weighted by atomic mass is 9.55. The van der Waals surface area contributed by atoms with Crippen LogP contribution in [-0.2, 0) is 38.4 Å². The lowest BCUT2D eigenvalue weighted by Crippen LogP contribution is -2.53. The van der Waals surface area contributed by atoms with Crippen molar-refractivity contribution in [3.05, 3.63) is 0 Å². The second kappa shape index (κ2) is 20.4. The predicted octanol–water partition coefficient (Wildman–Crippen LogP) is 14.3. The van der Waals surface area contributed by atoms with E-state index in [1.165, 1.54) is 0 Å². The van der Waals surface area contributed by atoms with Gasteiger partial charge in [0.05, 0.1) is 21.7 Å². The Kier molecular flexibility index (Phi) is 18.9. The van der Waals surface area contributed by atoms with Gasteiger partial charge in [-0.15, -0.1) is 0 Å². The molecule has 0 aromatic heterocycles. The van der Waals surface area contributed by atoms with E-state index < -0.39 is 65.0 Å². The molecule has 0 atom stereocenters. The molecule has 0 bridgehead atoms. The Morgan fingerprint density at radius 3 is 0.424 bits per heavy atom. The molecule has 0 heterocycles. The fraction of sp³-hybridized carbons (Fsp3) is 0.862. The molecule has 0 radical (unpaired) electrons. The second-order valence-electron chi connectivity index (χ2n) is 29.1. The summed E-state index contributed by atoms with van der Waals surface area (Å²) in [4.78, 5) is 100. The standard InChI is InChI=1S/C16H28O2.C15H26O2.C14H24O2.C13H22O2/c1-14(2,3)12(17)16(10-8-7-9-11-16)13(18)15(4,5)6;1-13(2,3)11(16)15(9-7-8-10-15)12(17)14(4,5)6;1-12(2,3)10(15)14(8-7-9-14)11(16)13(4,5)6;1-11(2,3)9(14)13(7-8-13)10(15)12(4,5)6/h7-11H2,1-6H3;7-10H2,1-6H3;7-9H2,1-6H3;7-8H2,1-6H3. The van der Waals surface area contributed by atoms with Crippen molar-refractivity contribution in [2.45, 2.75) is 256 Å². The van der Waals surface area contributed by atoms with Gasteiger partial charge in [0.25, 0.3) is 0 Å². The van der Waals surface area contributed by atoms with Crippen LogP contribution in [0.2, 0.25) is 0 Å². The summed E-state index contributed by atoms with van der Waals surface area (Å²) in [5.41, 5.74) is -6.08. The number of carbonyl (C=O) groups is 8. The molecule has 4 saturated carbocycles. The normalized spacial score (nSPS) is 20.2. The quantitative estimate of drug-likeness (QED) is 0.220. The molecule has 0 aliphatic heterocycles. The molecule has 8 heteroatoms. The molecule has 4 aliphatic carbocycles. The molecule has 380 valence electrons. The zero-order valence-corrected chi connectivity index (χ0v) is 47.2. The highest BCUT2D eigenvalue weighted by Gasteiger charge is 2.61. The number of hydrogen-bond acceptors (Lipinski definition) is 8. The molecular formula is C58H100O8. The summed E-state index contributed by atoms with van der Waals surface area (Å²) in [5, 5.41) is 0. The number of ketones is 8. The first kappa shape index (κ1) is 61.4. The van der Waals surface area contributed by atoms with Crippen molar-refractivity contribution in [3.8, 4) is 0 Å². The fourth-order valence-electron chi connectivity index (χ4n) is 10.8. The number of Topliss-reactive ketones (excluding diaryl/α,β-unsaturated/α-hetero) is 8. The van der Waals surface area contributed by atoms with Gasteiger partial charge in [0, 0.05) is 43.3 Å². The molecule has 4 aliphatic rings. The molecule has 4 rings (SSSR count). The van der Waals surface area contributed by atoms with Crippen LogP contribution in [0.3, 0.4) is 0 Å². The Labute approximate surface area is 404 Å². The maximum absolute atomic E-state index is 12.8. The van der Waals surface area contributed by atoms with Gasteiger partial charge in [0.1, 0.15) is 0 Å². The molecule has 0 aromatic carbocycles. The molecule has 66 heavy (non-hydrogen) atoms. The monoisotopic (exact) mass is 925 g/mol. The van der Waals surface area contributed by atoms with E-state index in [0.717, 1.165) is 89.9 Å². The highest BCUT2D eigenvalue weighted by atomic mass is 16.2. The highest BCUT2D eigenvalue weighted by Crippen LogP contribution is 2.55. The molecule has 8 nitrogen and oxygen atoms in total. The van der Waals surface area contributed by atoms with E-state index in [4.69, 9.17) is 0 Å².